The van der Waals surface area contributed by atoms with Crippen LogP contribution in [0.5, 0.6) is 0 Å². The Balaban J connectivity index is 2.22. The highest BCUT2D eigenvalue weighted by Crippen LogP contribution is 2.58. The molecule has 110 valence electrons. The fourth-order valence-electron chi connectivity index (χ4n) is 2.93. The fourth-order valence-corrected chi connectivity index (χ4v) is 2.93. The van der Waals surface area contributed by atoms with Crippen LogP contribution in [0.2, 0.25) is 0 Å². The average molecular weight is 276 g/mol. The van der Waals surface area contributed by atoms with Crippen LogP contribution in [0, 0.1) is 0 Å². The first kappa shape index (κ1) is 15.0. The van der Waals surface area contributed by atoms with Crippen molar-refractivity contribution in [2.75, 3.05) is 6.61 Å². The Morgan fingerprint density at radius 1 is 1.20 bits per heavy atom. The molecule has 1 aliphatic heterocycles. The smallest absolute Gasteiger partial charge is 0.341 e. The Labute approximate surface area is 121 Å². The minimum absolute atomic E-state index is 0.248. The van der Waals surface area contributed by atoms with Gasteiger partial charge in [0.25, 0.3) is 0 Å². The SMILES string of the molecule is CCCc1ccc(C2(C)OC2(CC)C(=O)OCC)cc1. The van der Waals surface area contributed by atoms with E-state index in [1.54, 1.807) is 0 Å². The van der Waals surface area contributed by atoms with Gasteiger partial charge in [-0.1, -0.05) is 44.5 Å². The lowest BCUT2D eigenvalue weighted by molar-refractivity contribution is -0.149. The van der Waals surface area contributed by atoms with Crippen molar-refractivity contribution in [3.63, 3.8) is 0 Å². The average Bonchev–Trinajstić information content (AvgIpc) is 3.08. The zero-order valence-corrected chi connectivity index (χ0v) is 12.9. The molecule has 1 saturated heterocycles. The molecule has 2 rings (SSSR count). The monoisotopic (exact) mass is 276 g/mol. The van der Waals surface area contributed by atoms with Gasteiger partial charge in [0, 0.05) is 0 Å². The minimum Gasteiger partial charge on any atom is -0.464 e. The number of epoxide rings is 1. The number of rotatable bonds is 6. The Morgan fingerprint density at radius 3 is 2.35 bits per heavy atom. The van der Waals surface area contributed by atoms with Crippen LogP contribution >= 0.6 is 0 Å². The highest BCUT2D eigenvalue weighted by Gasteiger charge is 2.72. The summed E-state index contributed by atoms with van der Waals surface area (Å²) in [6.07, 6.45) is 2.84. The lowest BCUT2D eigenvalue weighted by atomic mass is 9.85. The van der Waals surface area contributed by atoms with Crippen molar-refractivity contribution in [1.82, 2.24) is 0 Å². The van der Waals surface area contributed by atoms with Gasteiger partial charge in [-0.2, -0.15) is 0 Å². The maximum atomic E-state index is 12.2. The molecule has 20 heavy (non-hydrogen) atoms. The number of aryl methyl sites for hydroxylation is 1. The molecule has 3 nitrogen and oxygen atoms in total. The van der Waals surface area contributed by atoms with Gasteiger partial charge in [0.15, 0.2) is 5.60 Å². The van der Waals surface area contributed by atoms with Crippen molar-refractivity contribution in [1.29, 1.82) is 0 Å². The van der Waals surface area contributed by atoms with E-state index in [0.29, 0.717) is 13.0 Å². The number of hydrogen-bond donors (Lipinski definition) is 0. The normalized spacial score (nSPS) is 28.2. The number of ether oxygens (including phenoxy) is 2. The van der Waals surface area contributed by atoms with Crippen molar-refractivity contribution in [3.05, 3.63) is 35.4 Å². The standard InChI is InChI=1S/C17H24O3/c1-5-8-13-9-11-14(12-10-13)16(4)17(6-2,20-16)15(18)19-7-3/h9-12H,5-8H2,1-4H3. The Morgan fingerprint density at radius 2 is 1.85 bits per heavy atom. The third-order valence-corrected chi connectivity index (χ3v) is 4.25. The minimum atomic E-state index is -0.810. The van der Waals surface area contributed by atoms with E-state index in [4.69, 9.17) is 9.47 Å². The molecule has 2 unspecified atom stereocenters. The summed E-state index contributed by atoms with van der Waals surface area (Å²) >= 11 is 0. The maximum Gasteiger partial charge on any atom is 0.341 e. The van der Waals surface area contributed by atoms with Gasteiger partial charge >= 0.3 is 5.97 Å². The topological polar surface area (TPSA) is 38.8 Å². The van der Waals surface area contributed by atoms with Crippen molar-refractivity contribution in [3.8, 4) is 0 Å². The molecule has 1 fully saturated rings. The van der Waals surface area contributed by atoms with Crippen molar-refractivity contribution in [2.24, 2.45) is 0 Å². The van der Waals surface area contributed by atoms with Gasteiger partial charge < -0.3 is 9.47 Å². The van der Waals surface area contributed by atoms with Crippen molar-refractivity contribution in [2.45, 2.75) is 58.2 Å². The molecule has 0 radical (unpaired) electrons. The number of hydrogen-bond acceptors (Lipinski definition) is 3. The molecular formula is C17H24O3. The first-order chi connectivity index (χ1) is 9.54. The molecule has 0 N–H and O–H groups in total. The molecule has 0 spiro atoms. The predicted molar refractivity (Wildman–Crippen MR) is 78.5 cm³/mol. The summed E-state index contributed by atoms with van der Waals surface area (Å²) in [5, 5.41) is 0. The first-order valence-electron chi connectivity index (χ1n) is 7.50. The van der Waals surface area contributed by atoms with E-state index in [1.165, 1.54) is 5.56 Å². The summed E-state index contributed by atoms with van der Waals surface area (Å²) in [6, 6.07) is 8.39. The van der Waals surface area contributed by atoms with Crippen LogP contribution in [0.25, 0.3) is 0 Å². The molecule has 0 bridgehead atoms. The second-order valence-corrected chi connectivity index (χ2v) is 5.48. The highest BCUT2D eigenvalue weighted by molar-refractivity contribution is 5.85. The van der Waals surface area contributed by atoms with Gasteiger partial charge in [0.2, 0.25) is 0 Å². The van der Waals surface area contributed by atoms with Gasteiger partial charge in [-0.15, -0.1) is 0 Å². The van der Waals surface area contributed by atoms with E-state index in [9.17, 15) is 4.79 Å². The number of carbonyl (C=O) groups excluding carboxylic acids is 1. The van der Waals surface area contributed by atoms with Crippen molar-refractivity contribution >= 4 is 5.97 Å². The summed E-state index contributed by atoms with van der Waals surface area (Å²) < 4.78 is 11.0. The van der Waals surface area contributed by atoms with E-state index in [1.807, 2.05) is 20.8 Å². The second-order valence-electron chi connectivity index (χ2n) is 5.48. The predicted octanol–water partition coefficient (Wildman–Crippen LogP) is 3.60. The van der Waals surface area contributed by atoms with Gasteiger partial charge in [-0.3, -0.25) is 0 Å². The molecule has 2 atom stereocenters. The lowest BCUT2D eigenvalue weighted by Crippen LogP contribution is -2.32. The van der Waals surface area contributed by atoms with E-state index in [-0.39, 0.29) is 5.97 Å². The second kappa shape index (κ2) is 5.57. The summed E-state index contributed by atoms with van der Waals surface area (Å²) in [5.74, 6) is -0.248. The molecular weight excluding hydrogens is 252 g/mol. The van der Waals surface area contributed by atoms with E-state index >= 15 is 0 Å². The van der Waals surface area contributed by atoms with Gasteiger partial charge in [-0.05, 0) is 37.8 Å². The van der Waals surface area contributed by atoms with Crippen LogP contribution in [-0.4, -0.2) is 18.2 Å². The molecule has 3 heteroatoms. The largest absolute Gasteiger partial charge is 0.464 e. The Hall–Kier alpha value is -1.35. The first-order valence-corrected chi connectivity index (χ1v) is 7.50. The van der Waals surface area contributed by atoms with Crippen molar-refractivity contribution < 1.29 is 14.3 Å². The lowest BCUT2D eigenvalue weighted by Gasteiger charge is -2.15. The third-order valence-electron chi connectivity index (χ3n) is 4.25. The molecule has 1 aromatic carbocycles. The Kier molecular flexibility index (Phi) is 4.19. The highest BCUT2D eigenvalue weighted by atomic mass is 16.7. The van der Waals surface area contributed by atoms with E-state index < -0.39 is 11.2 Å². The van der Waals surface area contributed by atoms with Gasteiger partial charge in [0.05, 0.1) is 6.61 Å². The molecule has 1 aromatic rings. The summed E-state index contributed by atoms with van der Waals surface area (Å²) in [6.45, 7) is 8.31. The van der Waals surface area contributed by atoms with Crippen LogP contribution in [-0.2, 0) is 26.3 Å². The van der Waals surface area contributed by atoms with Gasteiger partial charge in [-0.25, -0.2) is 4.79 Å². The molecule has 0 aromatic heterocycles. The summed E-state index contributed by atoms with van der Waals surface area (Å²) in [7, 11) is 0. The zero-order valence-electron chi connectivity index (χ0n) is 12.9. The summed E-state index contributed by atoms with van der Waals surface area (Å²) in [5.41, 5.74) is 1.000. The molecule has 0 saturated carbocycles. The van der Waals surface area contributed by atoms with Crippen LogP contribution in [0.1, 0.15) is 51.7 Å². The zero-order chi connectivity index (χ0) is 14.8. The molecule has 1 heterocycles. The van der Waals surface area contributed by atoms with Crippen LogP contribution in [0.15, 0.2) is 24.3 Å². The van der Waals surface area contributed by atoms with Gasteiger partial charge in [0.1, 0.15) is 5.60 Å². The molecule has 0 amide bonds. The number of benzene rings is 1. The van der Waals surface area contributed by atoms with E-state index in [0.717, 1.165) is 18.4 Å². The molecule has 0 aliphatic carbocycles. The van der Waals surface area contributed by atoms with Crippen LogP contribution in [0.4, 0.5) is 0 Å². The maximum absolute atomic E-state index is 12.2. The fraction of sp³-hybridized carbons (Fsp3) is 0.588. The summed E-state index contributed by atoms with van der Waals surface area (Å²) in [4.78, 5) is 12.2. The number of esters is 1. The van der Waals surface area contributed by atoms with Crippen LogP contribution < -0.4 is 0 Å². The quantitative estimate of drug-likeness (QED) is 0.588. The molecule has 1 aliphatic rings. The van der Waals surface area contributed by atoms with E-state index in [2.05, 4.69) is 31.2 Å². The Bertz CT molecular complexity index is 480. The third kappa shape index (κ3) is 2.24. The van der Waals surface area contributed by atoms with Crippen LogP contribution in [0.3, 0.4) is 0 Å². The number of carbonyl (C=O) groups is 1.